The zero-order chi connectivity index (χ0) is 15.1. The molecule has 0 spiro atoms. The van der Waals surface area contributed by atoms with Gasteiger partial charge in [-0.15, -0.1) is 0 Å². The third kappa shape index (κ3) is 4.67. The Bertz CT molecular complexity index is 476. The van der Waals surface area contributed by atoms with E-state index in [-0.39, 0.29) is 12.0 Å². The van der Waals surface area contributed by atoms with Crippen molar-refractivity contribution in [2.45, 2.75) is 18.9 Å². The maximum atomic E-state index is 11.8. The number of carbonyl (C=O) groups excluding carboxylic acids is 2. The second kappa shape index (κ2) is 7.53. The Kier molecular flexibility index (Phi) is 5.44. The minimum atomic E-state index is -0.692. The van der Waals surface area contributed by atoms with E-state index in [4.69, 9.17) is 10.5 Å². The maximum absolute atomic E-state index is 11.8. The molecule has 1 atom stereocenters. The van der Waals surface area contributed by atoms with Crippen LogP contribution in [0.25, 0.3) is 0 Å². The number of carbonyl (C=O) groups is 2. The summed E-state index contributed by atoms with van der Waals surface area (Å²) in [6, 6.07) is -0.291. The van der Waals surface area contributed by atoms with Gasteiger partial charge in [-0.25, -0.2) is 4.79 Å². The van der Waals surface area contributed by atoms with Crippen molar-refractivity contribution in [3.05, 3.63) is 24.3 Å². The molecular formula is C13H19N5O3. The van der Waals surface area contributed by atoms with E-state index in [1.54, 1.807) is 18.6 Å². The number of nitrogens with zero attached hydrogens (tertiary/aromatic N) is 2. The summed E-state index contributed by atoms with van der Waals surface area (Å²) in [5.74, 6) is -0.452. The molecule has 1 aliphatic rings. The molecule has 0 bridgehead atoms. The smallest absolute Gasteiger partial charge is 0.408 e. The maximum Gasteiger partial charge on any atom is 0.408 e. The number of amides is 2. The summed E-state index contributed by atoms with van der Waals surface area (Å²) in [4.78, 5) is 30.7. The molecule has 2 heterocycles. The summed E-state index contributed by atoms with van der Waals surface area (Å²) in [7, 11) is 0. The van der Waals surface area contributed by atoms with Crippen LogP contribution in [0, 0.1) is 5.92 Å². The molecule has 1 aromatic heterocycles. The number of nitrogens with two attached hydrogens (primary N) is 1. The Balaban J connectivity index is 2.04. The van der Waals surface area contributed by atoms with Crippen LogP contribution >= 0.6 is 0 Å². The van der Waals surface area contributed by atoms with Gasteiger partial charge in [0.15, 0.2) is 6.61 Å². The minimum absolute atomic E-state index is 0.240. The van der Waals surface area contributed by atoms with E-state index >= 15 is 0 Å². The Hall–Kier alpha value is -2.22. The van der Waals surface area contributed by atoms with Gasteiger partial charge < -0.3 is 21.1 Å². The first kappa shape index (κ1) is 15.2. The summed E-state index contributed by atoms with van der Waals surface area (Å²) in [6.07, 6.45) is 5.94. The molecule has 4 N–H and O–H groups in total. The molecule has 114 valence electrons. The van der Waals surface area contributed by atoms with E-state index in [0.29, 0.717) is 5.69 Å². The number of aromatic nitrogens is 2. The van der Waals surface area contributed by atoms with Crippen molar-refractivity contribution in [1.82, 2.24) is 20.6 Å². The molecule has 0 saturated carbocycles. The first-order valence-corrected chi connectivity index (χ1v) is 6.85. The fourth-order valence-electron chi connectivity index (χ4n) is 2.39. The Labute approximate surface area is 122 Å². The van der Waals surface area contributed by atoms with Crippen molar-refractivity contribution in [3.63, 3.8) is 0 Å². The number of hydrogen-bond acceptors (Lipinski definition) is 6. The summed E-state index contributed by atoms with van der Waals surface area (Å²) >= 11 is 0. The lowest BCUT2D eigenvalue weighted by molar-refractivity contribution is -0.120. The number of piperidine rings is 1. The van der Waals surface area contributed by atoms with Gasteiger partial charge in [0, 0.05) is 12.4 Å². The van der Waals surface area contributed by atoms with Crippen LogP contribution in [-0.2, 0) is 9.53 Å². The molecule has 1 unspecified atom stereocenters. The molecule has 0 aromatic carbocycles. The van der Waals surface area contributed by atoms with Gasteiger partial charge in [0.05, 0.1) is 17.9 Å². The van der Waals surface area contributed by atoms with Crippen molar-refractivity contribution in [1.29, 1.82) is 0 Å². The predicted molar refractivity (Wildman–Crippen MR) is 74.0 cm³/mol. The SMILES string of the molecule is NC(=O)COC(=O)NC(c1cnccn1)C1CCNCC1. The number of rotatable bonds is 5. The van der Waals surface area contributed by atoms with Gasteiger partial charge in [0.2, 0.25) is 0 Å². The molecule has 2 amide bonds. The third-order valence-corrected chi connectivity index (χ3v) is 3.38. The van der Waals surface area contributed by atoms with Crippen molar-refractivity contribution >= 4 is 12.0 Å². The normalized spacial score (nSPS) is 17.0. The van der Waals surface area contributed by atoms with Gasteiger partial charge in [0.1, 0.15) is 0 Å². The molecule has 8 heteroatoms. The highest BCUT2D eigenvalue weighted by molar-refractivity contribution is 5.78. The summed E-state index contributed by atoms with van der Waals surface area (Å²) in [5.41, 5.74) is 5.63. The highest BCUT2D eigenvalue weighted by atomic mass is 16.6. The zero-order valence-electron chi connectivity index (χ0n) is 11.6. The van der Waals surface area contributed by atoms with E-state index in [1.165, 1.54) is 0 Å². The highest BCUT2D eigenvalue weighted by Gasteiger charge is 2.28. The van der Waals surface area contributed by atoms with Gasteiger partial charge in [-0.2, -0.15) is 0 Å². The molecule has 0 radical (unpaired) electrons. The van der Waals surface area contributed by atoms with Gasteiger partial charge in [-0.1, -0.05) is 0 Å². The first-order chi connectivity index (χ1) is 10.2. The first-order valence-electron chi connectivity index (χ1n) is 6.85. The zero-order valence-corrected chi connectivity index (χ0v) is 11.6. The van der Waals surface area contributed by atoms with Crippen molar-refractivity contribution in [2.24, 2.45) is 11.7 Å². The fraction of sp³-hybridized carbons (Fsp3) is 0.538. The Morgan fingerprint density at radius 3 is 2.81 bits per heavy atom. The molecule has 2 rings (SSSR count). The van der Waals surface area contributed by atoms with Crippen LogP contribution in [-0.4, -0.2) is 41.7 Å². The molecule has 8 nitrogen and oxygen atoms in total. The standard InChI is InChI=1S/C13H19N5O3/c14-11(19)8-21-13(20)18-12(9-1-3-15-4-2-9)10-7-16-5-6-17-10/h5-7,9,12,15H,1-4,8H2,(H2,14,19)(H,18,20). The van der Waals surface area contributed by atoms with Crippen LogP contribution in [0.1, 0.15) is 24.6 Å². The average molecular weight is 293 g/mol. The number of hydrogen-bond donors (Lipinski definition) is 3. The Morgan fingerprint density at radius 2 is 2.19 bits per heavy atom. The van der Waals surface area contributed by atoms with E-state index in [2.05, 4.69) is 20.6 Å². The van der Waals surface area contributed by atoms with Gasteiger partial charge in [-0.05, 0) is 31.8 Å². The van der Waals surface area contributed by atoms with Crippen molar-refractivity contribution < 1.29 is 14.3 Å². The van der Waals surface area contributed by atoms with Crippen LogP contribution in [0.2, 0.25) is 0 Å². The highest BCUT2D eigenvalue weighted by Crippen LogP contribution is 2.27. The average Bonchev–Trinajstić information content (AvgIpc) is 2.52. The van der Waals surface area contributed by atoms with Gasteiger partial charge >= 0.3 is 6.09 Å². The molecule has 0 aliphatic carbocycles. The third-order valence-electron chi connectivity index (χ3n) is 3.38. The second-order valence-corrected chi connectivity index (χ2v) is 4.88. The van der Waals surface area contributed by atoms with E-state index in [0.717, 1.165) is 25.9 Å². The van der Waals surface area contributed by atoms with Crippen LogP contribution in [0.3, 0.4) is 0 Å². The molecular weight excluding hydrogens is 274 g/mol. The van der Waals surface area contributed by atoms with Gasteiger partial charge in [0.25, 0.3) is 5.91 Å². The molecule has 1 saturated heterocycles. The number of primary amides is 1. The monoisotopic (exact) mass is 293 g/mol. The quantitative estimate of drug-likeness (QED) is 0.687. The number of nitrogens with one attached hydrogen (secondary N) is 2. The molecule has 21 heavy (non-hydrogen) atoms. The van der Waals surface area contributed by atoms with Crippen LogP contribution in [0.5, 0.6) is 0 Å². The van der Waals surface area contributed by atoms with Gasteiger partial charge in [-0.3, -0.25) is 14.8 Å². The number of ether oxygens (including phenoxy) is 1. The summed E-state index contributed by atoms with van der Waals surface area (Å²) in [6.45, 7) is 1.34. The van der Waals surface area contributed by atoms with Crippen LogP contribution in [0.4, 0.5) is 4.79 Å². The largest absolute Gasteiger partial charge is 0.439 e. The summed E-state index contributed by atoms with van der Waals surface area (Å²) < 4.78 is 4.76. The predicted octanol–water partition coefficient (Wildman–Crippen LogP) is -0.271. The van der Waals surface area contributed by atoms with E-state index < -0.39 is 18.6 Å². The van der Waals surface area contributed by atoms with Crippen molar-refractivity contribution in [3.8, 4) is 0 Å². The lowest BCUT2D eigenvalue weighted by Gasteiger charge is -2.30. The number of alkyl carbamates (subject to hydrolysis) is 1. The van der Waals surface area contributed by atoms with Crippen LogP contribution in [0.15, 0.2) is 18.6 Å². The summed E-state index contributed by atoms with van der Waals surface area (Å²) in [5, 5.41) is 6.03. The molecule has 1 aliphatic heterocycles. The van der Waals surface area contributed by atoms with Crippen molar-refractivity contribution in [2.75, 3.05) is 19.7 Å². The van der Waals surface area contributed by atoms with Crippen LogP contribution < -0.4 is 16.4 Å². The lowest BCUT2D eigenvalue weighted by atomic mass is 9.88. The minimum Gasteiger partial charge on any atom is -0.439 e. The Morgan fingerprint density at radius 1 is 1.43 bits per heavy atom. The van der Waals surface area contributed by atoms with E-state index in [9.17, 15) is 9.59 Å². The topological polar surface area (TPSA) is 119 Å². The second-order valence-electron chi connectivity index (χ2n) is 4.88. The molecule has 1 fully saturated rings. The van der Waals surface area contributed by atoms with E-state index in [1.807, 2.05) is 0 Å². The lowest BCUT2D eigenvalue weighted by Crippen LogP contribution is -2.40. The molecule has 1 aromatic rings. The fourth-order valence-corrected chi connectivity index (χ4v) is 2.39.